The molecule has 0 bridgehead atoms. The van der Waals surface area contributed by atoms with E-state index in [0.29, 0.717) is 0 Å². The first-order chi connectivity index (χ1) is 4.27. The van der Waals surface area contributed by atoms with Crippen molar-refractivity contribution in [3.05, 3.63) is 24.8 Å². The fourth-order valence-electron chi connectivity index (χ4n) is 0.758. The van der Waals surface area contributed by atoms with Crippen molar-refractivity contribution in [1.29, 1.82) is 0 Å². The Morgan fingerprint density at radius 3 is 2.89 bits per heavy atom. The van der Waals surface area contributed by atoms with E-state index in [9.17, 15) is 0 Å². The Hall–Kier alpha value is -0.850. The number of aliphatic imine (C=N–C) groups is 1. The lowest BCUT2D eigenvalue weighted by atomic mass is 9.89. The quantitative estimate of drug-likeness (QED) is 0.469. The smallest absolute Gasteiger partial charge is 0.0512 e. The first kappa shape index (κ1) is 6.27. The van der Waals surface area contributed by atoms with Crippen LogP contribution < -0.4 is 0 Å². The molecular formula is C8H11N. The van der Waals surface area contributed by atoms with Gasteiger partial charge in [0, 0.05) is 11.6 Å². The Balaban J connectivity index is 2.73. The summed E-state index contributed by atoms with van der Waals surface area (Å²) >= 11 is 0. The van der Waals surface area contributed by atoms with E-state index in [-0.39, 0.29) is 5.41 Å². The molecule has 48 valence electrons. The summed E-state index contributed by atoms with van der Waals surface area (Å²) in [5, 5.41) is 0. The van der Waals surface area contributed by atoms with Crippen LogP contribution in [-0.4, -0.2) is 12.8 Å². The maximum atomic E-state index is 4.12. The van der Waals surface area contributed by atoms with Crippen LogP contribution in [0.5, 0.6) is 0 Å². The summed E-state index contributed by atoms with van der Waals surface area (Å²) in [7, 11) is 0. The third-order valence-electron chi connectivity index (χ3n) is 1.57. The number of hydrogen-bond acceptors (Lipinski definition) is 1. The average Bonchev–Trinajstić information content (AvgIpc) is 1.90. The maximum absolute atomic E-state index is 4.12. The number of hydrogen-bond donors (Lipinski definition) is 0. The van der Waals surface area contributed by atoms with Gasteiger partial charge >= 0.3 is 0 Å². The predicted octanol–water partition coefficient (Wildman–Crippen LogP) is 1.82. The zero-order valence-electron chi connectivity index (χ0n) is 5.67. The van der Waals surface area contributed by atoms with Gasteiger partial charge in [0.05, 0.1) is 6.54 Å². The summed E-state index contributed by atoms with van der Waals surface area (Å²) in [6.45, 7) is 6.69. The Labute approximate surface area is 55.8 Å². The lowest BCUT2D eigenvalue weighted by molar-refractivity contribution is 0.566. The molecule has 1 nitrogen and oxygen atoms in total. The molecule has 0 radical (unpaired) electrons. The van der Waals surface area contributed by atoms with Crippen LogP contribution in [0.15, 0.2) is 29.8 Å². The van der Waals surface area contributed by atoms with Crippen molar-refractivity contribution in [3.8, 4) is 0 Å². The molecular weight excluding hydrogens is 110 g/mol. The minimum Gasteiger partial charge on any atom is -0.292 e. The van der Waals surface area contributed by atoms with Gasteiger partial charge < -0.3 is 0 Å². The normalized spacial score (nSPS) is 32.6. The van der Waals surface area contributed by atoms with Crippen LogP contribution in [0.3, 0.4) is 0 Å². The van der Waals surface area contributed by atoms with Gasteiger partial charge in [-0.15, -0.1) is 6.58 Å². The van der Waals surface area contributed by atoms with E-state index < -0.39 is 0 Å². The molecule has 1 atom stereocenters. The van der Waals surface area contributed by atoms with Crippen molar-refractivity contribution in [1.82, 2.24) is 0 Å². The van der Waals surface area contributed by atoms with Crippen LogP contribution in [0.1, 0.15) is 6.92 Å². The van der Waals surface area contributed by atoms with Crippen LogP contribution in [0.2, 0.25) is 0 Å². The lowest BCUT2D eigenvalue weighted by Crippen LogP contribution is -2.15. The van der Waals surface area contributed by atoms with Gasteiger partial charge in [0.15, 0.2) is 0 Å². The third kappa shape index (κ3) is 1.28. The maximum Gasteiger partial charge on any atom is 0.0512 e. The van der Waals surface area contributed by atoms with E-state index in [1.165, 1.54) is 0 Å². The summed E-state index contributed by atoms with van der Waals surface area (Å²) in [5.41, 5.74) is 0.106. The van der Waals surface area contributed by atoms with Gasteiger partial charge in [0.1, 0.15) is 0 Å². The molecule has 0 aliphatic carbocycles. The second kappa shape index (κ2) is 2.18. The van der Waals surface area contributed by atoms with Crippen molar-refractivity contribution in [3.63, 3.8) is 0 Å². The zero-order valence-corrected chi connectivity index (χ0v) is 5.67. The van der Waals surface area contributed by atoms with Gasteiger partial charge in [-0.3, -0.25) is 4.99 Å². The molecule has 1 aliphatic rings. The van der Waals surface area contributed by atoms with E-state index in [2.05, 4.69) is 24.6 Å². The second-order valence-electron chi connectivity index (χ2n) is 2.56. The van der Waals surface area contributed by atoms with Crippen molar-refractivity contribution in [2.24, 2.45) is 10.4 Å². The number of allylic oxidation sites excluding steroid dienone is 1. The standard InChI is InChI=1S/C8H11N/c1-3-8(2)5-4-6-9-7-8/h3-6H,1,7H2,2H3/t8-/m0/s1. The van der Waals surface area contributed by atoms with Gasteiger partial charge in [-0.05, 0) is 6.08 Å². The van der Waals surface area contributed by atoms with Gasteiger partial charge in [-0.1, -0.05) is 19.1 Å². The monoisotopic (exact) mass is 121 g/mol. The van der Waals surface area contributed by atoms with Crippen molar-refractivity contribution >= 4 is 6.21 Å². The molecule has 1 heteroatoms. The van der Waals surface area contributed by atoms with Crippen LogP contribution in [-0.2, 0) is 0 Å². The van der Waals surface area contributed by atoms with E-state index in [1.807, 2.05) is 18.4 Å². The van der Waals surface area contributed by atoms with Gasteiger partial charge in [0.2, 0.25) is 0 Å². The summed E-state index contributed by atoms with van der Waals surface area (Å²) in [4.78, 5) is 4.12. The highest BCUT2D eigenvalue weighted by Gasteiger charge is 2.15. The van der Waals surface area contributed by atoms with E-state index >= 15 is 0 Å². The highest BCUT2D eigenvalue weighted by molar-refractivity contribution is 5.72. The minimum absolute atomic E-state index is 0.106. The number of rotatable bonds is 1. The second-order valence-corrected chi connectivity index (χ2v) is 2.56. The number of nitrogens with zero attached hydrogens (tertiary/aromatic N) is 1. The van der Waals surface area contributed by atoms with E-state index in [0.717, 1.165) is 6.54 Å². The Morgan fingerprint density at radius 1 is 1.78 bits per heavy atom. The van der Waals surface area contributed by atoms with Crippen LogP contribution in [0.4, 0.5) is 0 Å². The Morgan fingerprint density at radius 2 is 2.56 bits per heavy atom. The summed E-state index contributed by atoms with van der Waals surface area (Å²) in [5.74, 6) is 0. The van der Waals surface area contributed by atoms with Crippen molar-refractivity contribution in [2.45, 2.75) is 6.92 Å². The SMILES string of the molecule is C=C[C@@]1(C)C=CC=NC1. The third-order valence-corrected chi connectivity index (χ3v) is 1.57. The van der Waals surface area contributed by atoms with Gasteiger partial charge in [-0.2, -0.15) is 0 Å². The van der Waals surface area contributed by atoms with E-state index in [4.69, 9.17) is 0 Å². The molecule has 1 aliphatic heterocycles. The Bertz CT molecular complexity index is 167. The largest absolute Gasteiger partial charge is 0.292 e. The van der Waals surface area contributed by atoms with Crippen LogP contribution in [0.25, 0.3) is 0 Å². The number of dihydropyridines is 1. The molecule has 0 amide bonds. The zero-order chi connectivity index (χ0) is 6.74. The molecule has 9 heavy (non-hydrogen) atoms. The molecule has 0 N–H and O–H groups in total. The Kier molecular flexibility index (Phi) is 1.52. The van der Waals surface area contributed by atoms with Crippen LogP contribution >= 0.6 is 0 Å². The fraction of sp³-hybridized carbons (Fsp3) is 0.375. The summed E-state index contributed by atoms with van der Waals surface area (Å²) in [6.07, 6.45) is 7.84. The molecule has 0 spiro atoms. The first-order valence-electron chi connectivity index (χ1n) is 3.08. The molecule has 0 saturated heterocycles. The molecule has 1 rings (SSSR count). The van der Waals surface area contributed by atoms with Crippen molar-refractivity contribution < 1.29 is 0 Å². The lowest BCUT2D eigenvalue weighted by Gasteiger charge is -2.20. The first-order valence-corrected chi connectivity index (χ1v) is 3.08. The average molecular weight is 121 g/mol. The predicted molar refractivity (Wildman–Crippen MR) is 40.8 cm³/mol. The molecule has 0 aromatic carbocycles. The van der Waals surface area contributed by atoms with Gasteiger partial charge in [0.25, 0.3) is 0 Å². The van der Waals surface area contributed by atoms with Gasteiger partial charge in [-0.25, -0.2) is 0 Å². The van der Waals surface area contributed by atoms with Crippen LogP contribution in [0, 0.1) is 5.41 Å². The summed E-state index contributed by atoms with van der Waals surface area (Å²) < 4.78 is 0. The minimum atomic E-state index is 0.106. The highest BCUT2D eigenvalue weighted by Crippen LogP contribution is 2.21. The topological polar surface area (TPSA) is 12.4 Å². The summed E-state index contributed by atoms with van der Waals surface area (Å²) in [6, 6.07) is 0. The molecule has 0 saturated carbocycles. The molecule has 0 aromatic heterocycles. The molecule has 0 fully saturated rings. The molecule has 0 aromatic rings. The van der Waals surface area contributed by atoms with E-state index in [1.54, 1.807) is 0 Å². The molecule has 1 heterocycles. The van der Waals surface area contributed by atoms with Crippen molar-refractivity contribution in [2.75, 3.05) is 6.54 Å². The molecule has 0 unspecified atom stereocenters. The fourth-order valence-corrected chi connectivity index (χ4v) is 0.758. The highest BCUT2D eigenvalue weighted by atomic mass is 14.7.